The molecule has 0 saturated carbocycles. The Balaban J connectivity index is 1.77. The molecule has 3 rings (SSSR count). The highest BCUT2D eigenvalue weighted by Crippen LogP contribution is 2.04. The van der Waals surface area contributed by atoms with E-state index in [-0.39, 0.29) is 11.2 Å². The van der Waals surface area contributed by atoms with Crippen LogP contribution in [0.3, 0.4) is 0 Å². The molecule has 0 aliphatic carbocycles. The Morgan fingerprint density at radius 1 is 1.22 bits per heavy atom. The molecule has 0 saturated heterocycles. The minimum atomic E-state index is -0.365. The van der Waals surface area contributed by atoms with Crippen LogP contribution in [0.5, 0.6) is 0 Å². The van der Waals surface area contributed by atoms with Crippen LogP contribution in [0.2, 0.25) is 0 Å². The summed E-state index contributed by atoms with van der Waals surface area (Å²) in [5, 5.41) is 2.15. The second-order valence-corrected chi connectivity index (χ2v) is 5.46. The van der Waals surface area contributed by atoms with E-state index in [1.807, 2.05) is 18.3 Å². The van der Waals surface area contributed by atoms with Crippen molar-refractivity contribution < 1.29 is 5.32 Å². The van der Waals surface area contributed by atoms with E-state index in [1.54, 1.807) is 24.1 Å². The molecule has 0 radical (unpaired) electrons. The Hall–Kier alpha value is -2.74. The number of pyridine rings is 1. The molecule has 3 heterocycles. The lowest BCUT2D eigenvalue weighted by Crippen LogP contribution is -2.83. The quantitative estimate of drug-likeness (QED) is 0.586. The maximum atomic E-state index is 12.3. The predicted molar refractivity (Wildman–Crippen MR) is 84.9 cm³/mol. The fourth-order valence-electron chi connectivity index (χ4n) is 2.58. The molecule has 0 aliphatic rings. The molecule has 8 heteroatoms. The second kappa shape index (κ2) is 6.17. The van der Waals surface area contributed by atoms with Crippen LogP contribution in [0.1, 0.15) is 5.56 Å². The third-order valence-corrected chi connectivity index (χ3v) is 3.89. The monoisotopic (exact) mass is 315 g/mol. The highest BCUT2D eigenvalue weighted by Gasteiger charge is 2.14. The smallest absolute Gasteiger partial charge is 0.332 e. The average molecular weight is 315 g/mol. The maximum absolute atomic E-state index is 12.3. The molecule has 0 amide bonds. The fraction of sp³-hybridized carbons (Fsp3) is 0.333. The second-order valence-electron chi connectivity index (χ2n) is 5.46. The first-order valence-electron chi connectivity index (χ1n) is 7.41. The molecule has 23 heavy (non-hydrogen) atoms. The molecule has 0 aromatic carbocycles. The van der Waals surface area contributed by atoms with Crippen LogP contribution >= 0.6 is 0 Å². The molecule has 120 valence electrons. The van der Waals surface area contributed by atoms with Gasteiger partial charge in [0.1, 0.15) is 6.54 Å². The van der Waals surface area contributed by atoms with Crippen molar-refractivity contribution in [1.82, 2.24) is 23.7 Å². The zero-order valence-corrected chi connectivity index (χ0v) is 13.1. The van der Waals surface area contributed by atoms with E-state index in [2.05, 4.69) is 15.3 Å². The molecular weight excluding hydrogens is 296 g/mol. The van der Waals surface area contributed by atoms with Gasteiger partial charge in [-0.25, -0.2) is 9.78 Å². The van der Waals surface area contributed by atoms with Crippen LogP contribution in [0.15, 0.2) is 40.4 Å². The van der Waals surface area contributed by atoms with Gasteiger partial charge in [-0.3, -0.25) is 18.9 Å². The summed E-state index contributed by atoms with van der Waals surface area (Å²) >= 11 is 0. The SMILES string of the molecule is Cn1c(=O)c2c(ncn2CC[NH2+]Cc2cccnc2)n(C)c1=O. The van der Waals surface area contributed by atoms with E-state index in [0.717, 1.165) is 23.2 Å². The molecule has 0 unspecified atom stereocenters. The van der Waals surface area contributed by atoms with Gasteiger partial charge in [0.15, 0.2) is 11.2 Å². The summed E-state index contributed by atoms with van der Waals surface area (Å²) in [6.45, 7) is 2.27. The van der Waals surface area contributed by atoms with Crippen molar-refractivity contribution in [3.63, 3.8) is 0 Å². The topological polar surface area (TPSA) is 91.3 Å². The number of aryl methyl sites for hydroxylation is 1. The first-order chi connectivity index (χ1) is 11.1. The van der Waals surface area contributed by atoms with Gasteiger partial charge in [0.2, 0.25) is 0 Å². The Bertz CT molecular complexity index is 938. The van der Waals surface area contributed by atoms with E-state index in [0.29, 0.717) is 17.7 Å². The molecular formula is C15H19N6O2+. The van der Waals surface area contributed by atoms with Gasteiger partial charge in [-0.05, 0) is 6.07 Å². The lowest BCUT2D eigenvalue weighted by atomic mass is 10.3. The number of hydrogen-bond donors (Lipinski definition) is 1. The summed E-state index contributed by atoms with van der Waals surface area (Å²) in [7, 11) is 3.10. The average Bonchev–Trinajstić information content (AvgIpc) is 3.00. The summed E-state index contributed by atoms with van der Waals surface area (Å²) < 4.78 is 4.31. The van der Waals surface area contributed by atoms with Crippen LogP contribution in [0, 0.1) is 0 Å². The molecule has 0 atom stereocenters. The van der Waals surface area contributed by atoms with Gasteiger partial charge < -0.3 is 9.88 Å². The molecule has 0 spiro atoms. The van der Waals surface area contributed by atoms with Gasteiger partial charge in [0.25, 0.3) is 5.56 Å². The Morgan fingerprint density at radius 2 is 2.04 bits per heavy atom. The van der Waals surface area contributed by atoms with Crippen molar-refractivity contribution >= 4 is 11.2 Å². The lowest BCUT2D eigenvalue weighted by molar-refractivity contribution is -0.671. The fourth-order valence-corrected chi connectivity index (χ4v) is 2.58. The van der Waals surface area contributed by atoms with Crippen LogP contribution < -0.4 is 16.6 Å². The molecule has 0 bridgehead atoms. The number of fused-ring (bicyclic) bond motifs is 1. The normalized spacial score (nSPS) is 11.2. The number of nitrogens with two attached hydrogens (primary N) is 1. The third-order valence-electron chi connectivity index (χ3n) is 3.89. The van der Waals surface area contributed by atoms with Crippen LogP contribution in [-0.2, 0) is 27.2 Å². The van der Waals surface area contributed by atoms with Crippen molar-refractivity contribution in [3.05, 3.63) is 57.3 Å². The number of imidazole rings is 1. The molecule has 8 nitrogen and oxygen atoms in total. The maximum Gasteiger partial charge on any atom is 0.332 e. The minimum absolute atomic E-state index is 0.312. The van der Waals surface area contributed by atoms with E-state index in [1.165, 1.54) is 11.6 Å². The van der Waals surface area contributed by atoms with Crippen LogP contribution in [0.4, 0.5) is 0 Å². The van der Waals surface area contributed by atoms with Gasteiger partial charge in [-0.1, -0.05) is 6.07 Å². The third kappa shape index (κ3) is 2.80. The number of aromatic nitrogens is 5. The van der Waals surface area contributed by atoms with Crippen molar-refractivity contribution in [3.8, 4) is 0 Å². The molecule has 0 aliphatic heterocycles. The number of quaternary nitrogens is 1. The number of rotatable bonds is 5. The summed E-state index contributed by atoms with van der Waals surface area (Å²) in [5.74, 6) is 0. The van der Waals surface area contributed by atoms with Crippen molar-refractivity contribution in [1.29, 1.82) is 0 Å². The Morgan fingerprint density at radius 3 is 2.78 bits per heavy atom. The largest absolute Gasteiger partial charge is 0.341 e. The van der Waals surface area contributed by atoms with Crippen molar-refractivity contribution in [2.24, 2.45) is 14.1 Å². The Labute approximate surface area is 132 Å². The molecule has 2 N–H and O–H groups in total. The highest BCUT2D eigenvalue weighted by molar-refractivity contribution is 5.69. The summed E-state index contributed by atoms with van der Waals surface area (Å²) in [5.41, 5.74) is 1.36. The van der Waals surface area contributed by atoms with Gasteiger partial charge in [-0.15, -0.1) is 0 Å². The Kier molecular flexibility index (Phi) is 4.07. The van der Waals surface area contributed by atoms with Gasteiger partial charge in [0.05, 0.1) is 19.4 Å². The molecule has 3 aromatic rings. The predicted octanol–water partition coefficient (Wildman–Crippen LogP) is -1.41. The molecule has 3 aromatic heterocycles. The lowest BCUT2D eigenvalue weighted by Gasteiger charge is -2.06. The van der Waals surface area contributed by atoms with Crippen LogP contribution in [-0.4, -0.2) is 30.2 Å². The zero-order valence-electron chi connectivity index (χ0n) is 13.1. The first-order valence-corrected chi connectivity index (χ1v) is 7.41. The van der Waals surface area contributed by atoms with E-state index >= 15 is 0 Å². The van der Waals surface area contributed by atoms with Gasteiger partial charge in [0, 0.05) is 32.1 Å². The minimum Gasteiger partial charge on any atom is -0.341 e. The van der Waals surface area contributed by atoms with E-state index < -0.39 is 0 Å². The standard InChI is InChI=1S/C15H18N6O2/c1-19-13-12(14(22)20(2)15(19)23)21(10-18-13)7-6-17-9-11-4-3-5-16-8-11/h3-5,8,10,17H,6-7,9H2,1-2H3/p+1. The number of nitrogens with zero attached hydrogens (tertiary/aromatic N) is 5. The summed E-state index contributed by atoms with van der Waals surface area (Å²) in [4.78, 5) is 32.5. The summed E-state index contributed by atoms with van der Waals surface area (Å²) in [6.07, 6.45) is 5.21. The van der Waals surface area contributed by atoms with Gasteiger partial charge in [-0.2, -0.15) is 0 Å². The van der Waals surface area contributed by atoms with Crippen molar-refractivity contribution in [2.45, 2.75) is 13.1 Å². The highest BCUT2D eigenvalue weighted by atomic mass is 16.2. The zero-order chi connectivity index (χ0) is 16.4. The molecule has 0 fully saturated rings. The van der Waals surface area contributed by atoms with Crippen molar-refractivity contribution in [2.75, 3.05) is 6.54 Å². The number of hydrogen-bond acceptors (Lipinski definition) is 4. The summed E-state index contributed by atoms with van der Waals surface area (Å²) in [6, 6.07) is 3.94. The first kappa shape index (κ1) is 15.2. The van der Waals surface area contributed by atoms with E-state index in [9.17, 15) is 9.59 Å². The van der Waals surface area contributed by atoms with Gasteiger partial charge >= 0.3 is 5.69 Å². The van der Waals surface area contributed by atoms with E-state index in [4.69, 9.17) is 0 Å². The van der Waals surface area contributed by atoms with Crippen LogP contribution in [0.25, 0.3) is 11.2 Å².